The Kier molecular flexibility index (Phi) is 4.84. The molecule has 0 spiro atoms. The minimum atomic E-state index is -0.703. The molecule has 6 heteroatoms. The molecule has 0 atom stereocenters. The topological polar surface area (TPSA) is 71.1 Å². The number of carbonyl (C=O) groups excluding carboxylic acids is 2. The van der Waals surface area contributed by atoms with Crippen molar-refractivity contribution in [1.82, 2.24) is 10.3 Å². The van der Waals surface area contributed by atoms with Crippen LogP contribution >= 0.6 is 15.9 Å². The smallest absolute Gasteiger partial charge is 0.313 e. The minimum absolute atomic E-state index is 0.282. The Bertz CT molecular complexity index is 617. The van der Waals surface area contributed by atoms with Crippen molar-refractivity contribution in [2.24, 2.45) is 0 Å². The molecule has 2 N–H and O–H groups in total. The minimum Gasteiger partial charge on any atom is -0.344 e. The van der Waals surface area contributed by atoms with Crippen molar-refractivity contribution >= 4 is 33.4 Å². The second-order valence-corrected chi connectivity index (χ2v) is 4.83. The van der Waals surface area contributed by atoms with Gasteiger partial charge in [-0.15, -0.1) is 0 Å². The van der Waals surface area contributed by atoms with E-state index in [0.29, 0.717) is 5.69 Å². The molecule has 0 unspecified atom stereocenters. The highest BCUT2D eigenvalue weighted by molar-refractivity contribution is 9.10. The normalized spacial score (nSPS) is 9.85. The zero-order valence-electron chi connectivity index (χ0n) is 10.5. The van der Waals surface area contributed by atoms with Gasteiger partial charge in [0.2, 0.25) is 0 Å². The molecular formula is C14H12BrN3O2. The van der Waals surface area contributed by atoms with E-state index in [0.717, 1.165) is 10.0 Å². The fourth-order valence-corrected chi connectivity index (χ4v) is 1.89. The van der Waals surface area contributed by atoms with Crippen LogP contribution in [0.1, 0.15) is 5.56 Å². The highest BCUT2D eigenvalue weighted by Gasteiger charge is 2.14. The van der Waals surface area contributed by atoms with Gasteiger partial charge in [0.25, 0.3) is 0 Å². The SMILES string of the molecule is O=C(NCc1ccncc1)C(=O)Nc1ccccc1Br. The molecule has 102 valence electrons. The van der Waals surface area contributed by atoms with Gasteiger partial charge in [-0.25, -0.2) is 0 Å². The van der Waals surface area contributed by atoms with Crippen molar-refractivity contribution in [3.8, 4) is 0 Å². The standard InChI is InChI=1S/C14H12BrN3O2/c15-11-3-1-2-4-12(11)18-14(20)13(19)17-9-10-5-7-16-8-6-10/h1-8H,9H2,(H,17,19)(H,18,20). The summed E-state index contributed by atoms with van der Waals surface area (Å²) in [6.07, 6.45) is 3.26. The first-order chi connectivity index (χ1) is 9.66. The first-order valence-electron chi connectivity index (χ1n) is 5.89. The number of aromatic nitrogens is 1. The number of nitrogens with one attached hydrogen (secondary N) is 2. The van der Waals surface area contributed by atoms with Gasteiger partial charge in [-0.1, -0.05) is 12.1 Å². The van der Waals surface area contributed by atoms with Crippen LogP contribution in [0.15, 0.2) is 53.3 Å². The Morgan fingerprint density at radius 3 is 2.45 bits per heavy atom. The fraction of sp³-hybridized carbons (Fsp3) is 0.0714. The largest absolute Gasteiger partial charge is 0.344 e. The van der Waals surface area contributed by atoms with Crippen molar-refractivity contribution in [3.05, 3.63) is 58.8 Å². The van der Waals surface area contributed by atoms with E-state index in [1.165, 1.54) is 0 Å². The molecule has 0 aliphatic carbocycles. The number of amides is 2. The van der Waals surface area contributed by atoms with E-state index in [9.17, 15) is 9.59 Å². The van der Waals surface area contributed by atoms with E-state index in [-0.39, 0.29) is 6.54 Å². The number of nitrogens with zero attached hydrogens (tertiary/aromatic N) is 1. The molecular weight excluding hydrogens is 322 g/mol. The number of para-hydroxylation sites is 1. The average Bonchev–Trinajstić information content (AvgIpc) is 2.48. The van der Waals surface area contributed by atoms with E-state index in [1.54, 1.807) is 42.7 Å². The van der Waals surface area contributed by atoms with Crippen molar-refractivity contribution < 1.29 is 9.59 Å². The summed E-state index contributed by atoms with van der Waals surface area (Å²) in [5, 5.41) is 5.08. The lowest BCUT2D eigenvalue weighted by atomic mass is 10.2. The third kappa shape index (κ3) is 3.89. The zero-order valence-corrected chi connectivity index (χ0v) is 12.1. The molecule has 0 radical (unpaired) electrons. The number of hydrogen-bond acceptors (Lipinski definition) is 3. The van der Waals surface area contributed by atoms with Gasteiger partial charge in [0, 0.05) is 23.4 Å². The Labute approximate surface area is 124 Å². The highest BCUT2D eigenvalue weighted by Crippen LogP contribution is 2.20. The number of pyridine rings is 1. The van der Waals surface area contributed by atoms with Crippen LogP contribution < -0.4 is 10.6 Å². The number of anilines is 1. The Balaban J connectivity index is 1.90. The number of halogens is 1. The number of benzene rings is 1. The van der Waals surface area contributed by atoms with Gasteiger partial charge in [-0.2, -0.15) is 0 Å². The summed E-state index contributed by atoms with van der Waals surface area (Å²) in [4.78, 5) is 27.3. The van der Waals surface area contributed by atoms with Crippen molar-refractivity contribution in [2.75, 3.05) is 5.32 Å². The summed E-state index contributed by atoms with van der Waals surface area (Å²) in [5.74, 6) is -1.39. The fourth-order valence-electron chi connectivity index (χ4n) is 1.50. The summed E-state index contributed by atoms with van der Waals surface area (Å²) in [6.45, 7) is 0.282. The van der Waals surface area contributed by atoms with Gasteiger partial charge < -0.3 is 10.6 Å². The van der Waals surface area contributed by atoms with E-state index in [4.69, 9.17) is 0 Å². The summed E-state index contributed by atoms with van der Waals surface area (Å²) in [7, 11) is 0. The third-order valence-electron chi connectivity index (χ3n) is 2.53. The number of hydrogen-bond donors (Lipinski definition) is 2. The molecule has 5 nitrogen and oxygen atoms in total. The van der Waals surface area contributed by atoms with Crippen LogP contribution in [0.4, 0.5) is 5.69 Å². The molecule has 0 aliphatic rings. The monoisotopic (exact) mass is 333 g/mol. The van der Waals surface area contributed by atoms with Gasteiger partial charge >= 0.3 is 11.8 Å². The van der Waals surface area contributed by atoms with Crippen LogP contribution in [-0.4, -0.2) is 16.8 Å². The van der Waals surface area contributed by atoms with Crippen molar-refractivity contribution in [3.63, 3.8) is 0 Å². The van der Waals surface area contributed by atoms with Crippen LogP contribution in [0, 0.1) is 0 Å². The summed E-state index contributed by atoms with van der Waals surface area (Å²) >= 11 is 3.30. The quantitative estimate of drug-likeness (QED) is 0.845. The maximum absolute atomic E-state index is 11.7. The first-order valence-corrected chi connectivity index (χ1v) is 6.69. The maximum atomic E-state index is 11.7. The molecule has 20 heavy (non-hydrogen) atoms. The van der Waals surface area contributed by atoms with Gasteiger partial charge in [-0.05, 0) is 45.8 Å². The lowest BCUT2D eigenvalue weighted by Crippen LogP contribution is -2.35. The average molecular weight is 334 g/mol. The number of carbonyl (C=O) groups is 2. The zero-order chi connectivity index (χ0) is 14.4. The van der Waals surface area contributed by atoms with Crippen molar-refractivity contribution in [1.29, 1.82) is 0 Å². The second kappa shape index (κ2) is 6.81. The molecule has 0 bridgehead atoms. The van der Waals surface area contributed by atoms with Gasteiger partial charge in [0.1, 0.15) is 0 Å². The van der Waals surface area contributed by atoms with E-state index in [1.807, 2.05) is 6.07 Å². The lowest BCUT2D eigenvalue weighted by molar-refractivity contribution is -0.136. The summed E-state index contributed by atoms with van der Waals surface area (Å²) in [6, 6.07) is 10.6. The third-order valence-corrected chi connectivity index (χ3v) is 3.22. The highest BCUT2D eigenvalue weighted by atomic mass is 79.9. The Hall–Kier alpha value is -2.21. The van der Waals surface area contributed by atoms with Crippen LogP contribution in [0.2, 0.25) is 0 Å². The molecule has 0 fully saturated rings. The Morgan fingerprint density at radius 1 is 1.05 bits per heavy atom. The molecule has 1 heterocycles. The molecule has 1 aromatic heterocycles. The maximum Gasteiger partial charge on any atom is 0.313 e. The van der Waals surface area contributed by atoms with Crippen LogP contribution in [0.3, 0.4) is 0 Å². The van der Waals surface area contributed by atoms with E-state index in [2.05, 4.69) is 31.5 Å². The molecule has 1 aromatic carbocycles. The Morgan fingerprint density at radius 2 is 1.75 bits per heavy atom. The molecule has 2 rings (SSSR count). The van der Waals surface area contributed by atoms with Gasteiger partial charge in [0.15, 0.2) is 0 Å². The second-order valence-electron chi connectivity index (χ2n) is 3.97. The molecule has 0 aliphatic heterocycles. The van der Waals surface area contributed by atoms with E-state index < -0.39 is 11.8 Å². The van der Waals surface area contributed by atoms with Gasteiger partial charge in [0.05, 0.1) is 5.69 Å². The summed E-state index contributed by atoms with van der Waals surface area (Å²) in [5.41, 5.74) is 1.43. The van der Waals surface area contributed by atoms with Gasteiger partial charge in [-0.3, -0.25) is 14.6 Å². The molecule has 0 saturated carbocycles. The first kappa shape index (κ1) is 14.2. The van der Waals surface area contributed by atoms with Crippen LogP contribution in [-0.2, 0) is 16.1 Å². The molecule has 2 amide bonds. The predicted octanol–water partition coefficient (Wildman–Crippen LogP) is 2.10. The summed E-state index contributed by atoms with van der Waals surface area (Å²) < 4.78 is 0.718. The van der Waals surface area contributed by atoms with Crippen LogP contribution in [0.25, 0.3) is 0 Å². The lowest BCUT2D eigenvalue weighted by Gasteiger charge is -2.07. The van der Waals surface area contributed by atoms with E-state index >= 15 is 0 Å². The molecule has 0 saturated heterocycles. The molecule has 2 aromatic rings. The van der Waals surface area contributed by atoms with Crippen molar-refractivity contribution in [2.45, 2.75) is 6.54 Å². The van der Waals surface area contributed by atoms with Crippen LogP contribution in [0.5, 0.6) is 0 Å². The number of rotatable bonds is 3. The predicted molar refractivity (Wildman–Crippen MR) is 78.9 cm³/mol.